The zero-order valence-electron chi connectivity index (χ0n) is 18.3. The summed E-state index contributed by atoms with van der Waals surface area (Å²) < 4.78 is 10.7. The molecule has 0 spiro atoms. The number of rotatable bonds is 10. The van der Waals surface area contributed by atoms with Gasteiger partial charge in [-0.25, -0.2) is 4.98 Å². The highest BCUT2D eigenvalue weighted by Crippen LogP contribution is 2.28. The number of amides is 2. The molecule has 9 heteroatoms. The second kappa shape index (κ2) is 11.1. The van der Waals surface area contributed by atoms with E-state index in [0.717, 1.165) is 24.1 Å². The second-order valence-corrected chi connectivity index (χ2v) is 8.42. The maximum Gasteiger partial charge on any atom is 0.237 e. The van der Waals surface area contributed by atoms with E-state index in [0.29, 0.717) is 37.7 Å². The topological polar surface area (TPSA) is 92.8 Å². The number of ether oxygens (including phenoxy) is 2. The summed E-state index contributed by atoms with van der Waals surface area (Å²) in [6.07, 6.45) is 1.88. The van der Waals surface area contributed by atoms with Crippen molar-refractivity contribution in [3.63, 3.8) is 0 Å². The van der Waals surface area contributed by atoms with Crippen LogP contribution in [0.5, 0.6) is 11.5 Å². The van der Waals surface area contributed by atoms with Gasteiger partial charge in [0.05, 0.1) is 37.9 Å². The Morgan fingerprint density at radius 3 is 2.84 bits per heavy atom. The number of methoxy groups -OCH3 is 2. The van der Waals surface area contributed by atoms with Crippen LogP contribution in [0.15, 0.2) is 23.7 Å². The number of aromatic nitrogens is 1. The highest BCUT2D eigenvalue weighted by Gasteiger charge is 2.31. The standard InChI is InChI=1S/C22H30N4O4S/c1-15-20(31-14-25-15)5-4-8-23-21(27)12-17-22(28)24-9-10-26(17)13-16-6-7-18(29-2)19(11-16)30-3/h6-7,11,14,17H,4-5,8-10,12-13H2,1-3H3,(H,23,27)(H,24,28). The van der Waals surface area contributed by atoms with Gasteiger partial charge in [-0.2, -0.15) is 0 Å². The third-order valence-corrected chi connectivity index (χ3v) is 6.40. The third kappa shape index (κ3) is 6.18. The van der Waals surface area contributed by atoms with Crippen LogP contribution in [-0.4, -0.2) is 61.6 Å². The molecule has 2 amide bonds. The fraction of sp³-hybridized carbons (Fsp3) is 0.500. The Kier molecular flexibility index (Phi) is 8.25. The van der Waals surface area contributed by atoms with Crippen molar-refractivity contribution in [2.75, 3.05) is 33.9 Å². The molecule has 1 unspecified atom stereocenters. The highest BCUT2D eigenvalue weighted by atomic mass is 32.1. The van der Waals surface area contributed by atoms with Crippen molar-refractivity contribution in [1.82, 2.24) is 20.5 Å². The summed E-state index contributed by atoms with van der Waals surface area (Å²) >= 11 is 1.64. The molecule has 2 heterocycles. The van der Waals surface area contributed by atoms with E-state index >= 15 is 0 Å². The Morgan fingerprint density at radius 1 is 1.32 bits per heavy atom. The molecule has 3 rings (SSSR count). The molecule has 1 aliphatic heterocycles. The van der Waals surface area contributed by atoms with Crippen molar-refractivity contribution >= 4 is 23.2 Å². The molecule has 8 nitrogen and oxygen atoms in total. The smallest absolute Gasteiger partial charge is 0.237 e. The number of hydrogen-bond acceptors (Lipinski definition) is 7. The summed E-state index contributed by atoms with van der Waals surface area (Å²) in [7, 11) is 3.19. The van der Waals surface area contributed by atoms with Crippen LogP contribution in [-0.2, 0) is 22.6 Å². The van der Waals surface area contributed by atoms with Gasteiger partial charge in [0.2, 0.25) is 11.8 Å². The minimum absolute atomic E-state index is 0.109. The summed E-state index contributed by atoms with van der Waals surface area (Å²) in [5.41, 5.74) is 3.90. The van der Waals surface area contributed by atoms with E-state index in [1.807, 2.05) is 35.5 Å². The Balaban J connectivity index is 1.54. The molecule has 31 heavy (non-hydrogen) atoms. The van der Waals surface area contributed by atoms with Crippen LogP contribution >= 0.6 is 11.3 Å². The van der Waals surface area contributed by atoms with Crippen molar-refractivity contribution in [2.45, 2.75) is 38.8 Å². The molecule has 2 aromatic rings. The minimum Gasteiger partial charge on any atom is -0.493 e. The number of carbonyl (C=O) groups excluding carboxylic acids is 2. The molecule has 0 aliphatic carbocycles. The van der Waals surface area contributed by atoms with E-state index in [1.165, 1.54) is 4.88 Å². The number of piperazine rings is 1. The largest absolute Gasteiger partial charge is 0.493 e. The number of carbonyl (C=O) groups is 2. The number of thiazole rings is 1. The maximum absolute atomic E-state index is 12.5. The van der Waals surface area contributed by atoms with Crippen molar-refractivity contribution in [2.24, 2.45) is 0 Å². The molecule has 1 aliphatic rings. The zero-order valence-corrected chi connectivity index (χ0v) is 19.1. The molecule has 1 aromatic heterocycles. The van der Waals surface area contributed by atoms with E-state index in [-0.39, 0.29) is 18.2 Å². The first-order chi connectivity index (χ1) is 15.0. The van der Waals surface area contributed by atoms with Crippen LogP contribution in [0.2, 0.25) is 0 Å². The molecule has 0 saturated carbocycles. The number of aryl methyl sites for hydroxylation is 2. The van der Waals surface area contributed by atoms with Gasteiger partial charge in [-0.1, -0.05) is 6.07 Å². The van der Waals surface area contributed by atoms with Crippen molar-refractivity contribution in [1.29, 1.82) is 0 Å². The Bertz CT molecular complexity index is 901. The van der Waals surface area contributed by atoms with Gasteiger partial charge < -0.3 is 20.1 Å². The average Bonchev–Trinajstić information content (AvgIpc) is 3.18. The number of benzene rings is 1. The summed E-state index contributed by atoms with van der Waals surface area (Å²) in [4.78, 5) is 32.5. The van der Waals surface area contributed by atoms with E-state index in [4.69, 9.17) is 9.47 Å². The lowest BCUT2D eigenvalue weighted by Gasteiger charge is -2.34. The van der Waals surface area contributed by atoms with Gasteiger partial charge in [0.1, 0.15) is 0 Å². The fourth-order valence-electron chi connectivity index (χ4n) is 3.68. The molecule has 1 saturated heterocycles. The van der Waals surface area contributed by atoms with Crippen LogP contribution in [0.4, 0.5) is 0 Å². The molecule has 168 valence electrons. The average molecular weight is 447 g/mol. The summed E-state index contributed by atoms with van der Waals surface area (Å²) in [5.74, 6) is 1.08. The predicted octanol–water partition coefficient (Wildman–Crippen LogP) is 1.91. The number of hydrogen-bond donors (Lipinski definition) is 2. The van der Waals surface area contributed by atoms with Gasteiger partial charge >= 0.3 is 0 Å². The van der Waals surface area contributed by atoms with Gasteiger partial charge in [0, 0.05) is 31.1 Å². The Hall–Kier alpha value is -2.65. The second-order valence-electron chi connectivity index (χ2n) is 7.49. The lowest BCUT2D eigenvalue weighted by molar-refractivity contribution is -0.134. The molecule has 0 radical (unpaired) electrons. The lowest BCUT2D eigenvalue weighted by Crippen LogP contribution is -2.56. The van der Waals surface area contributed by atoms with Crippen LogP contribution in [0.1, 0.15) is 29.0 Å². The van der Waals surface area contributed by atoms with Gasteiger partial charge in [-0.15, -0.1) is 11.3 Å². The summed E-state index contributed by atoms with van der Waals surface area (Å²) in [5, 5.41) is 5.83. The van der Waals surface area contributed by atoms with Gasteiger partial charge in [-0.3, -0.25) is 14.5 Å². The first-order valence-corrected chi connectivity index (χ1v) is 11.3. The van der Waals surface area contributed by atoms with Crippen LogP contribution < -0.4 is 20.1 Å². The van der Waals surface area contributed by atoms with Crippen molar-refractivity contribution in [3.8, 4) is 11.5 Å². The molecule has 1 atom stereocenters. The Morgan fingerprint density at radius 2 is 2.13 bits per heavy atom. The summed E-state index contributed by atoms with van der Waals surface area (Å²) in [6.45, 7) is 4.39. The van der Waals surface area contributed by atoms with Crippen molar-refractivity contribution in [3.05, 3.63) is 39.8 Å². The SMILES string of the molecule is COc1ccc(CN2CCNC(=O)C2CC(=O)NCCCc2scnc2C)cc1OC. The summed E-state index contributed by atoms with van der Waals surface area (Å²) in [6, 6.07) is 5.21. The Labute approximate surface area is 186 Å². The first-order valence-electron chi connectivity index (χ1n) is 10.4. The van der Waals surface area contributed by atoms with E-state index in [1.54, 1.807) is 25.6 Å². The first kappa shape index (κ1) is 23.0. The molecule has 2 N–H and O–H groups in total. The monoisotopic (exact) mass is 446 g/mol. The fourth-order valence-corrected chi connectivity index (χ4v) is 4.50. The lowest BCUT2D eigenvalue weighted by atomic mass is 10.1. The van der Waals surface area contributed by atoms with E-state index in [2.05, 4.69) is 15.6 Å². The van der Waals surface area contributed by atoms with Crippen molar-refractivity contribution < 1.29 is 19.1 Å². The van der Waals surface area contributed by atoms with E-state index < -0.39 is 6.04 Å². The van der Waals surface area contributed by atoms with Crippen LogP contribution in [0, 0.1) is 6.92 Å². The third-order valence-electron chi connectivity index (χ3n) is 5.40. The zero-order chi connectivity index (χ0) is 22.2. The molecule has 1 fully saturated rings. The van der Waals surface area contributed by atoms with Crippen LogP contribution in [0.25, 0.3) is 0 Å². The minimum atomic E-state index is -0.495. The molecule has 0 bridgehead atoms. The number of nitrogens with zero attached hydrogens (tertiary/aromatic N) is 2. The van der Waals surface area contributed by atoms with Gasteiger partial charge in [-0.05, 0) is 37.5 Å². The quantitative estimate of drug-likeness (QED) is 0.542. The highest BCUT2D eigenvalue weighted by molar-refractivity contribution is 7.09. The molecular formula is C22H30N4O4S. The predicted molar refractivity (Wildman–Crippen MR) is 120 cm³/mol. The van der Waals surface area contributed by atoms with E-state index in [9.17, 15) is 9.59 Å². The number of nitrogens with one attached hydrogen (secondary N) is 2. The van der Waals surface area contributed by atoms with Gasteiger partial charge in [0.25, 0.3) is 0 Å². The maximum atomic E-state index is 12.5. The van der Waals surface area contributed by atoms with Gasteiger partial charge in [0.15, 0.2) is 11.5 Å². The van der Waals surface area contributed by atoms with Crippen LogP contribution in [0.3, 0.4) is 0 Å². The molecule has 1 aromatic carbocycles. The normalized spacial score (nSPS) is 16.6. The molecular weight excluding hydrogens is 416 g/mol.